The van der Waals surface area contributed by atoms with Gasteiger partial charge in [0.05, 0.1) is 12.7 Å². The van der Waals surface area contributed by atoms with E-state index in [0.29, 0.717) is 17.0 Å². The van der Waals surface area contributed by atoms with Crippen molar-refractivity contribution >= 4 is 23.3 Å². The first-order valence-electron chi connectivity index (χ1n) is 6.24. The van der Waals surface area contributed by atoms with Gasteiger partial charge in [0, 0.05) is 11.3 Å². The molecule has 2 N–H and O–H groups in total. The van der Waals surface area contributed by atoms with Gasteiger partial charge in [-0.3, -0.25) is 5.32 Å². The van der Waals surface area contributed by atoms with Crippen molar-refractivity contribution in [2.45, 2.75) is 26.4 Å². The first-order chi connectivity index (χ1) is 9.64. The Morgan fingerprint density at radius 3 is 2.38 bits per heavy atom. The molecule has 21 heavy (non-hydrogen) atoms. The number of carbonyl (C=O) groups is 2. The molecule has 6 nitrogen and oxygen atoms in total. The lowest BCUT2D eigenvalue weighted by Gasteiger charge is -2.20. The van der Waals surface area contributed by atoms with Crippen LogP contribution in [0.5, 0.6) is 5.75 Å². The summed E-state index contributed by atoms with van der Waals surface area (Å²) in [6, 6.07) is 4.61. The van der Waals surface area contributed by atoms with Crippen molar-refractivity contribution < 1.29 is 24.2 Å². The maximum atomic E-state index is 11.7. The zero-order valence-corrected chi connectivity index (χ0v) is 12.5. The summed E-state index contributed by atoms with van der Waals surface area (Å²) >= 11 is 0. The minimum absolute atomic E-state index is 0.125. The summed E-state index contributed by atoms with van der Waals surface area (Å²) in [6.07, 6.45) is -0.625. The number of carboxylic acid groups (broad SMARTS) is 1. The van der Waals surface area contributed by atoms with Gasteiger partial charge in [-0.05, 0) is 39.0 Å². The molecule has 0 spiro atoms. The van der Waals surface area contributed by atoms with Crippen molar-refractivity contribution in [3.63, 3.8) is 0 Å². The number of hydrogen-bond donors (Lipinski definition) is 2. The van der Waals surface area contributed by atoms with Gasteiger partial charge in [-0.25, -0.2) is 9.59 Å². The predicted molar refractivity (Wildman–Crippen MR) is 79.5 cm³/mol. The van der Waals surface area contributed by atoms with Gasteiger partial charge in [0.15, 0.2) is 0 Å². The Hall–Kier alpha value is -2.50. The van der Waals surface area contributed by atoms with Gasteiger partial charge < -0.3 is 14.6 Å². The molecule has 0 aliphatic heterocycles. The van der Waals surface area contributed by atoms with Crippen LogP contribution in [0.3, 0.4) is 0 Å². The minimum atomic E-state index is -1.16. The second-order valence-electron chi connectivity index (χ2n) is 5.33. The van der Waals surface area contributed by atoms with Crippen LogP contribution in [0, 0.1) is 0 Å². The van der Waals surface area contributed by atoms with Gasteiger partial charge in [0.1, 0.15) is 11.4 Å². The van der Waals surface area contributed by atoms with Crippen molar-refractivity contribution in [3.05, 3.63) is 30.3 Å². The Morgan fingerprint density at radius 1 is 1.29 bits per heavy atom. The van der Waals surface area contributed by atoms with Crippen molar-refractivity contribution in [2.75, 3.05) is 12.4 Å². The van der Waals surface area contributed by atoms with E-state index < -0.39 is 17.7 Å². The number of hydrogen-bond acceptors (Lipinski definition) is 4. The van der Waals surface area contributed by atoms with E-state index in [2.05, 4.69) is 11.9 Å². The molecule has 0 saturated heterocycles. The summed E-state index contributed by atoms with van der Waals surface area (Å²) in [7, 11) is 1.43. The molecule has 0 aromatic heterocycles. The molecule has 0 heterocycles. The Kier molecular flexibility index (Phi) is 4.97. The Morgan fingerprint density at radius 2 is 1.90 bits per heavy atom. The molecule has 1 amide bonds. The minimum Gasteiger partial charge on any atom is -0.496 e. The van der Waals surface area contributed by atoms with Gasteiger partial charge in [-0.1, -0.05) is 6.58 Å². The highest BCUT2D eigenvalue weighted by atomic mass is 16.6. The molecule has 0 aliphatic carbocycles. The van der Waals surface area contributed by atoms with Crippen molar-refractivity contribution in [3.8, 4) is 5.75 Å². The quantitative estimate of drug-likeness (QED) is 0.833. The van der Waals surface area contributed by atoms with Crippen LogP contribution in [-0.4, -0.2) is 29.9 Å². The molecule has 0 atom stereocenters. The number of anilines is 1. The van der Waals surface area contributed by atoms with E-state index in [1.807, 2.05) is 0 Å². The SMILES string of the molecule is C=C(C(=O)O)c1cc(NC(=O)OC(C)(C)C)ccc1OC. The first kappa shape index (κ1) is 16.6. The fourth-order valence-electron chi connectivity index (χ4n) is 1.56. The highest BCUT2D eigenvalue weighted by Gasteiger charge is 2.18. The van der Waals surface area contributed by atoms with Crippen LogP contribution in [0.15, 0.2) is 24.8 Å². The number of aliphatic carboxylic acids is 1. The van der Waals surface area contributed by atoms with E-state index in [-0.39, 0.29) is 5.57 Å². The van der Waals surface area contributed by atoms with E-state index >= 15 is 0 Å². The molecular formula is C15H19NO5. The summed E-state index contributed by atoms with van der Waals surface area (Å²) in [5.74, 6) is -0.806. The monoisotopic (exact) mass is 293 g/mol. The zero-order chi connectivity index (χ0) is 16.2. The number of ether oxygens (including phenoxy) is 2. The molecule has 0 bridgehead atoms. The Bertz CT molecular complexity index is 572. The second kappa shape index (κ2) is 6.30. The smallest absolute Gasteiger partial charge is 0.412 e. The number of amides is 1. The summed E-state index contributed by atoms with van der Waals surface area (Å²) in [5.41, 5.74) is -0.0648. The fraction of sp³-hybridized carbons (Fsp3) is 0.333. The molecule has 114 valence electrons. The van der Waals surface area contributed by atoms with Gasteiger partial charge in [-0.15, -0.1) is 0 Å². The number of carboxylic acids is 1. The van der Waals surface area contributed by atoms with E-state index in [9.17, 15) is 9.59 Å². The average molecular weight is 293 g/mol. The summed E-state index contributed by atoms with van der Waals surface area (Å²) in [6.45, 7) is 8.73. The predicted octanol–water partition coefficient (Wildman–Crippen LogP) is 3.14. The maximum absolute atomic E-state index is 11.7. The first-order valence-corrected chi connectivity index (χ1v) is 6.24. The number of benzene rings is 1. The van der Waals surface area contributed by atoms with Crippen molar-refractivity contribution in [2.24, 2.45) is 0 Å². The lowest BCUT2D eigenvalue weighted by atomic mass is 10.1. The molecule has 0 saturated carbocycles. The summed E-state index contributed by atoms with van der Waals surface area (Å²) in [5, 5.41) is 11.5. The largest absolute Gasteiger partial charge is 0.496 e. The van der Waals surface area contributed by atoms with Crippen LogP contribution in [0.4, 0.5) is 10.5 Å². The Labute approximate surface area is 123 Å². The molecule has 0 radical (unpaired) electrons. The van der Waals surface area contributed by atoms with Crippen LogP contribution in [-0.2, 0) is 9.53 Å². The normalized spacial score (nSPS) is 10.7. The Balaban J connectivity index is 3.01. The summed E-state index contributed by atoms with van der Waals surface area (Å²) < 4.78 is 10.2. The van der Waals surface area contributed by atoms with Gasteiger partial charge in [-0.2, -0.15) is 0 Å². The van der Waals surface area contributed by atoms with Crippen LogP contribution >= 0.6 is 0 Å². The van der Waals surface area contributed by atoms with Crippen molar-refractivity contribution in [1.82, 2.24) is 0 Å². The van der Waals surface area contributed by atoms with Crippen LogP contribution in [0.2, 0.25) is 0 Å². The third-order valence-corrected chi connectivity index (χ3v) is 2.43. The van der Waals surface area contributed by atoms with E-state index in [4.69, 9.17) is 14.6 Å². The van der Waals surface area contributed by atoms with Crippen LogP contribution in [0.1, 0.15) is 26.3 Å². The van der Waals surface area contributed by atoms with E-state index in [0.717, 1.165) is 0 Å². The third-order valence-electron chi connectivity index (χ3n) is 2.43. The lowest BCUT2D eigenvalue weighted by Crippen LogP contribution is -2.27. The number of nitrogens with one attached hydrogen (secondary N) is 1. The number of rotatable bonds is 4. The molecule has 0 aliphatic rings. The molecule has 0 unspecified atom stereocenters. The third kappa shape index (κ3) is 4.83. The fourth-order valence-corrected chi connectivity index (χ4v) is 1.56. The average Bonchev–Trinajstić information content (AvgIpc) is 2.35. The van der Waals surface area contributed by atoms with Crippen molar-refractivity contribution in [1.29, 1.82) is 0 Å². The molecule has 1 aromatic rings. The van der Waals surface area contributed by atoms with Gasteiger partial charge in [0.2, 0.25) is 0 Å². The number of carbonyl (C=O) groups excluding carboxylic acids is 1. The van der Waals surface area contributed by atoms with E-state index in [1.54, 1.807) is 32.9 Å². The number of methoxy groups -OCH3 is 1. The maximum Gasteiger partial charge on any atom is 0.412 e. The molecule has 0 fully saturated rings. The highest BCUT2D eigenvalue weighted by Crippen LogP contribution is 2.28. The van der Waals surface area contributed by atoms with Crippen LogP contribution < -0.4 is 10.1 Å². The lowest BCUT2D eigenvalue weighted by molar-refractivity contribution is -0.130. The van der Waals surface area contributed by atoms with Crippen LogP contribution in [0.25, 0.3) is 5.57 Å². The zero-order valence-electron chi connectivity index (χ0n) is 12.5. The highest BCUT2D eigenvalue weighted by molar-refractivity contribution is 6.15. The topological polar surface area (TPSA) is 84.9 Å². The molecule has 6 heteroatoms. The second-order valence-corrected chi connectivity index (χ2v) is 5.33. The summed E-state index contributed by atoms with van der Waals surface area (Å²) in [4.78, 5) is 22.7. The molecule has 1 rings (SSSR count). The standard InChI is InChI=1S/C15H19NO5/c1-9(13(17)18)11-8-10(6-7-12(11)20-5)16-14(19)21-15(2,3)4/h6-8H,1H2,2-5H3,(H,16,19)(H,17,18). The van der Waals surface area contributed by atoms with E-state index in [1.165, 1.54) is 13.2 Å². The van der Waals surface area contributed by atoms with Gasteiger partial charge >= 0.3 is 12.1 Å². The van der Waals surface area contributed by atoms with Gasteiger partial charge in [0.25, 0.3) is 0 Å². The molecular weight excluding hydrogens is 274 g/mol. The molecule has 1 aromatic carbocycles.